The molecule has 212 valence electrons. The van der Waals surface area contributed by atoms with Crippen molar-refractivity contribution in [2.75, 3.05) is 42.1 Å². The van der Waals surface area contributed by atoms with Gasteiger partial charge in [-0.2, -0.15) is 5.10 Å². The number of aliphatic hydroxyl groups is 1. The highest BCUT2D eigenvalue weighted by atomic mass is 35.5. The van der Waals surface area contributed by atoms with E-state index >= 15 is 0 Å². The summed E-state index contributed by atoms with van der Waals surface area (Å²) < 4.78 is 28.1. The van der Waals surface area contributed by atoms with Crippen LogP contribution in [0.3, 0.4) is 0 Å². The highest BCUT2D eigenvalue weighted by molar-refractivity contribution is 7.92. The van der Waals surface area contributed by atoms with Crippen molar-refractivity contribution in [1.29, 1.82) is 0 Å². The van der Waals surface area contributed by atoms with Crippen molar-refractivity contribution < 1.29 is 18.3 Å². The molecule has 1 aromatic carbocycles. The van der Waals surface area contributed by atoms with Crippen LogP contribution in [-0.2, 0) is 10.0 Å². The van der Waals surface area contributed by atoms with E-state index in [1.54, 1.807) is 9.42 Å². The van der Waals surface area contributed by atoms with E-state index in [4.69, 9.17) is 27.4 Å². The van der Waals surface area contributed by atoms with Crippen molar-refractivity contribution in [2.45, 2.75) is 51.6 Å². The van der Waals surface area contributed by atoms with Gasteiger partial charge in [-0.1, -0.05) is 18.5 Å². The number of unbranched alkanes of at least 4 members (excludes halogenated alkanes) is 1. The van der Waals surface area contributed by atoms with Crippen LogP contribution >= 0.6 is 11.6 Å². The maximum Gasteiger partial charge on any atom is 0.256 e. The van der Waals surface area contributed by atoms with Crippen LogP contribution in [0.25, 0.3) is 5.65 Å². The number of rotatable bonds is 11. The number of fused-ring (bicyclic) bond motifs is 1. The number of aryl methyl sites for hydroxylation is 1. The molecule has 0 aliphatic carbocycles. The molecule has 3 heterocycles. The van der Waals surface area contributed by atoms with Crippen molar-refractivity contribution in [2.24, 2.45) is 5.73 Å². The lowest BCUT2D eigenvalue weighted by molar-refractivity contribution is 0.0659. The number of carbonyl (C=O) groups excluding carboxylic acids is 1. The normalized spacial score (nSPS) is 16.6. The molecule has 2 atom stereocenters. The third-order valence-corrected chi connectivity index (χ3v) is 7.65. The van der Waals surface area contributed by atoms with Gasteiger partial charge in [-0.15, -0.1) is 0 Å². The maximum atomic E-state index is 14.0. The summed E-state index contributed by atoms with van der Waals surface area (Å²) in [5, 5.41) is 14.5. The molecule has 13 heteroatoms. The minimum absolute atomic E-state index is 0.00261. The van der Waals surface area contributed by atoms with Crippen LogP contribution in [0.4, 0.5) is 11.5 Å². The van der Waals surface area contributed by atoms with E-state index in [-0.39, 0.29) is 29.8 Å². The van der Waals surface area contributed by atoms with Gasteiger partial charge in [0.2, 0.25) is 10.0 Å². The van der Waals surface area contributed by atoms with Crippen LogP contribution in [-0.4, -0.2) is 77.5 Å². The van der Waals surface area contributed by atoms with Gasteiger partial charge in [0.1, 0.15) is 5.82 Å². The Labute approximate surface area is 234 Å². The number of aliphatic hydroxyl groups excluding tert-OH is 1. The van der Waals surface area contributed by atoms with Crippen molar-refractivity contribution in [3.05, 3.63) is 52.3 Å². The Morgan fingerprint density at radius 2 is 2.10 bits per heavy atom. The topological polar surface area (TPSA) is 146 Å². The van der Waals surface area contributed by atoms with Gasteiger partial charge >= 0.3 is 0 Å². The summed E-state index contributed by atoms with van der Waals surface area (Å²) in [6, 6.07) is 6.05. The Hall–Kier alpha value is -2.93. The summed E-state index contributed by atoms with van der Waals surface area (Å²) in [6.07, 6.45) is 5.49. The summed E-state index contributed by atoms with van der Waals surface area (Å²) in [4.78, 5) is 22.7. The van der Waals surface area contributed by atoms with Crippen LogP contribution in [0, 0.1) is 6.92 Å². The number of carbonyl (C=O) groups is 1. The molecule has 0 saturated carbocycles. The summed E-state index contributed by atoms with van der Waals surface area (Å²) >= 11 is 6.22. The molecule has 1 amide bonds. The Morgan fingerprint density at radius 1 is 1.33 bits per heavy atom. The molecule has 0 spiro atoms. The standard InChI is InChI=1S/C26H36ClN7O4S/c1-4-23(22-14-24-29-25(17(2)15-34(24)30-22)32-11-9-19(28)16-32)33(10-5-6-12-35)26(36)20-13-18(27)7-8-21(20)31-39(3,37)38/h7-8,13-15,19,23,31,35H,4-6,9-12,16,28H2,1-3H3/t19-,23-/m0/s1. The zero-order valence-corrected chi connectivity index (χ0v) is 24.0. The molecule has 4 rings (SSSR count). The number of hydrogen-bond acceptors (Lipinski definition) is 8. The molecule has 1 aliphatic rings. The van der Waals surface area contributed by atoms with E-state index in [0.717, 1.165) is 37.1 Å². The first-order valence-electron chi connectivity index (χ1n) is 13.1. The molecule has 39 heavy (non-hydrogen) atoms. The van der Waals surface area contributed by atoms with Crippen LogP contribution in [0.1, 0.15) is 60.3 Å². The van der Waals surface area contributed by atoms with Crippen molar-refractivity contribution in [3.8, 4) is 0 Å². The van der Waals surface area contributed by atoms with E-state index in [1.807, 2.05) is 26.1 Å². The Kier molecular flexibility index (Phi) is 9.00. The van der Waals surface area contributed by atoms with Crippen LogP contribution in [0.2, 0.25) is 5.02 Å². The Bertz CT molecular complexity index is 1450. The summed E-state index contributed by atoms with van der Waals surface area (Å²) in [6.45, 7) is 5.88. The lowest BCUT2D eigenvalue weighted by Gasteiger charge is -2.31. The molecule has 0 radical (unpaired) electrons. The number of anilines is 2. The summed E-state index contributed by atoms with van der Waals surface area (Å²) in [5.74, 6) is 0.489. The van der Waals surface area contributed by atoms with Crippen molar-refractivity contribution in [3.63, 3.8) is 0 Å². The average molecular weight is 578 g/mol. The second-order valence-corrected chi connectivity index (χ2v) is 12.2. The molecule has 2 aromatic heterocycles. The molecule has 11 nitrogen and oxygen atoms in total. The van der Waals surface area contributed by atoms with Crippen LogP contribution in [0.15, 0.2) is 30.5 Å². The second kappa shape index (κ2) is 12.1. The summed E-state index contributed by atoms with van der Waals surface area (Å²) in [5.41, 5.74) is 8.70. The van der Waals surface area contributed by atoms with Gasteiger partial charge < -0.3 is 20.6 Å². The number of hydrogen-bond donors (Lipinski definition) is 3. The predicted octanol–water partition coefficient (Wildman–Crippen LogP) is 2.97. The number of nitrogens with one attached hydrogen (secondary N) is 1. The zero-order chi connectivity index (χ0) is 28.3. The number of sulfonamides is 1. The predicted molar refractivity (Wildman–Crippen MR) is 153 cm³/mol. The first kappa shape index (κ1) is 29.1. The lowest BCUT2D eigenvalue weighted by Crippen LogP contribution is -2.36. The largest absolute Gasteiger partial charge is 0.396 e. The van der Waals surface area contributed by atoms with E-state index in [2.05, 4.69) is 9.62 Å². The maximum absolute atomic E-state index is 14.0. The minimum atomic E-state index is -3.64. The molecule has 3 aromatic rings. The monoisotopic (exact) mass is 577 g/mol. The fraction of sp³-hybridized carbons (Fsp3) is 0.500. The third-order valence-electron chi connectivity index (χ3n) is 6.83. The van der Waals surface area contributed by atoms with E-state index in [9.17, 15) is 18.3 Å². The molecular weight excluding hydrogens is 542 g/mol. The van der Waals surface area contributed by atoms with Gasteiger partial charge in [0.25, 0.3) is 5.91 Å². The van der Waals surface area contributed by atoms with Gasteiger partial charge in [-0.05, 0) is 50.8 Å². The van der Waals surface area contributed by atoms with Gasteiger partial charge in [-0.25, -0.2) is 17.9 Å². The zero-order valence-electron chi connectivity index (χ0n) is 22.5. The molecule has 1 fully saturated rings. The van der Waals surface area contributed by atoms with Crippen LogP contribution < -0.4 is 15.4 Å². The summed E-state index contributed by atoms with van der Waals surface area (Å²) in [7, 11) is -3.64. The van der Waals surface area contributed by atoms with Gasteiger partial charge in [-0.3, -0.25) is 9.52 Å². The van der Waals surface area contributed by atoms with Gasteiger partial charge in [0.05, 0.1) is 29.2 Å². The number of benzene rings is 1. The van der Waals surface area contributed by atoms with Crippen molar-refractivity contribution in [1.82, 2.24) is 19.5 Å². The quantitative estimate of drug-likeness (QED) is 0.295. The molecule has 0 unspecified atom stereocenters. The Morgan fingerprint density at radius 3 is 2.74 bits per heavy atom. The number of aromatic nitrogens is 3. The number of halogens is 1. The van der Waals surface area contributed by atoms with Crippen LogP contribution in [0.5, 0.6) is 0 Å². The minimum Gasteiger partial charge on any atom is -0.396 e. The molecule has 1 saturated heterocycles. The van der Waals surface area contributed by atoms with Crippen molar-refractivity contribution >= 4 is 44.7 Å². The molecule has 0 bridgehead atoms. The second-order valence-electron chi connectivity index (χ2n) is 10.0. The molecular formula is C26H36ClN7O4S. The fourth-order valence-electron chi connectivity index (χ4n) is 5.00. The first-order chi connectivity index (χ1) is 18.5. The molecule has 1 aliphatic heterocycles. The van der Waals surface area contributed by atoms with Gasteiger partial charge in [0, 0.05) is 55.1 Å². The van der Waals surface area contributed by atoms with Gasteiger partial charge in [0.15, 0.2) is 5.65 Å². The fourth-order valence-corrected chi connectivity index (χ4v) is 5.75. The SMILES string of the molecule is CC[C@@H](c1cc2nc(N3CC[C@H](N)C3)c(C)cn2n1)N(CCCCO)C(=O)c1cc(Cl)ccc1NS(C)(=O)=O. The molecule has 4 N–H and O–H groups in total. The highest BCUT2D eigenvalue weighted by Gasteiger charge is 2.30. The van der Waals surface area contributed by atoms with E-state index < -0.39 is 16.1 Å². The number of amides is 1. The average Bonchev–Trinajstić information content (AvgIpc) is 3.48. The van der Waals surface area contributed by atoms with E-state index in [1.165, 1.54) is 18.2 Å². The number of nitrogens with two attached hydrogens (primary N) is 1. The smallest absolute Gasteiger partial charge is 0.256 e. The first-order valence-corrected chi connectivity index (χ1v) is 15.3. The lowest BCUT2D eigenvalue weighted by atomic mass is 10.1. The van der Waals surface area contributed by atoms with E-state index in [0.29, 0.717) is 42.2 Å². The Balaban J connectivity index is 1.73. The number of nitrogens with zero attached hydrogens (tertiary/aromatic N) is 5. The highest BCUT2D eigenvalue weighted by Crippen LogP contribution is 2.31. The third kappa shape index (κ3) is 6.81.